The predicted octanol–water partition coefficient (Wildman–Crippen LogP) is 6.43. The Morgan fingerprint density at radius 1 is 0.755 bits per heavy atom. The average molecular weight is 762 g/mol. The molecule has 0 bridgehead atoms. The van der Waals surface area contributed by atoms with Gasteiger partial charge in [-0.3, -0.25) is 15.6 Å². The number of benzene rings is 2. The second-order valence-corrected chi connectivity index (χ2v) is 13.8. The van der Waals surface area contributed by atoms with E-state index in [1.54, 1.807) is 43.0 Å². The minimum Gasteiger partial charge on any atom is -0.495 e. The van der Waals surface area contributed by atoms with Crippen LogP contribution in [0.3, 0.4) is 0 Å². The van der Waals surface area contributed by atoms with Gasteiger partial charge in [0, 0.05) is 80.1 Å². The van der Waals surface area contributed by atoms with Crippen LogP contribution in [-0.4, -0.2) is 95.3 Å². The standard InChI is InChI=1S/C19H22FN7OS.C16H15FN4O2S/c1-3-21-18(28)25-19-24-15-8-13(14(20)9-16(15)29-19)12-10-22-17(23-11-12)27-6-4-26(2)5-7-27;1-3-19-15(22)21-16-20-13-5-11(12(17)6-14(13)24-16)9-4-10(23-2)8-18-7-9/h8-11H,3-7H2,1-2H3,(H2,21,24,25,28);4-8H,3H2,1-2H3,(H2,19,20,21,22). The number of rotatable bonds is 8. The summed E-state index contributed by atoms with van der Waals surface area (Å²) in [6.45, 7) is 8.35. The van der Waals surface area contributed by atoms with Crippen LogP contribution in [0.2, 0.25) is 0 Å². The fourth-order valence-corrected chi connectivity index (χ4v) is 7.09. The molecular weight excluding hydrogens is 725 g/mol. The van der Waals surface area contributed by atoms with Crippen LogP contribution >= 0.6 is 22.7 Å². The first-order valence-corrected chi connectivity index (χ1v) is 18.3. The Morgan fingerprint density at radius 3 is 1.79 bits per heavy atom. The fraction of sp³-hybridized carbons (Fsp3) is 0.286. The highest BCUT2D eigenvalue weighted by atomic mass is 32.1. The van der Waals surface area contributed by atoms with Gasteiger partial charge >= 0.3 is 12.1 Å². The van der Waals surface area contributed by atoms with E-state index < -0.39 is 0 Å². The van der Waals surface area contributed by atoms with Gasteiger partial charge in [-0.15, -0.1) is 0 Å². The van der Waals surface area contributed by atoms with Crippen molar-refractivity contribution in [1.29, 1.82) is 0 Å². The lowest BCUT2D eigenvalue weighted by Crippen LogP contribution is -2.45. The van der Waals surface area contributed by atoms with E-state index in [9.17, 15) is 18.4 Å². The van der Waals surface area contributed by atoms with Crippen LogP contribution in [0, 0.1) is 11.6 Å². The maximum Gasteiger partial charge on any atom is 0.321 e. The summed E-state index contributed by atoms with van der Waals surface area (Å²) in [5.41, 5.74) is 3.17. The van der Waals surface area contributed by atoms with Crippen LogP contribution in [0.4, 0.5) is 34.6 Å². The van der Waals surface area contributed by atoms with E-state index in [4.69, 9.17) is 4.74 Å². The van der Waals surface area contributed by atoms with Gasteiger partial charge in [0.2, 0.25) is 5.95 Å². The van der Waals surface area contributed by atoms with Crippen LogP contribution < -0.4 is 30.9 Å². The van der Waals surface area contributed by atoms with Crippen LogP contribution in [0.15, 0.2) is 55.1 Å². The summed E-state index contributed by atoms with van der Waals surface area (Å²) in [6, 6.07) is 7.18. The number of carbonyl (C=O) groups is 2. The minimum absolute atomic E-state index is 0.333. The molecule has 18 heteroatoms. The van der Waals surface area contributed by atoms with Gasteiger partial charge in [0.25, 0.3) is 0 Å². The monoisotopic (exact) mass is 761 g/mol. The summed E-state index contributed by atoms with van der Waals surface area (Å²) < 4.78 is 35.6. The third kappa shape index (κ3) is 9.08. The van der Waals surface area contributed by atoms with Crippen molar-refractivity contribution in [2.75, 3.05) is 69.0 Å². The zero-order valence-corrected chi connectivity index (χ0v) is 31.0. The Labute approximate surface area is 311 Å². The number of carbonyl (C=O) groups excluding carboxylic acids is 2. The summed E-state index contributed by atoms with van der Waals surface area (Å²) in [7, 11) is 3.62. The van der Waals surface area contributed by atoms with E-state index >= 15 is 0 Å². The highest BCUT2D eigenvalue weighted by Crippen LogP contribution is 2.34. The quantitative estimate of drug-likeness (QED) is 0.136. The van der Waals surface area contributed by atoms with Crippen molar-refractivity contribution >= 4 is 71.4 Å². The number of hydrogen-bond donors (Lipinski definition) is 4. The van der Waals surface area contributed by atoms with E-state index in [2.05, 4.69) is 63.0 Å². The molecule has 2 aromatic carbocycles. The average Bonchev–Trinajstić information content (AvgIpc) is 3.73. The molecule has 4 amide bonds. The summed E-state index contributed by atoms with van der Waals surface area (Å²) in [4.78, 5) is 49.3. The molecule has 0 aliphatic carbocycles. The SMILES string of the molecule is CCNC(=O)Nc1nc2cc(-c3cnc(N4CCN(C)CC4)nc3)c(F)cc2s1.CCNC(=O)Nc1nc2cc(-c3cncc(OC)c3)c(F)cc2s1. The highest BCUT2D eigenvalue weighted by Gasteiger charge is 2.18. The van der Waals surface area contributed by atoms with Crippen molar-refractivity contribution < 1.29 is 23.1 Å². The number of piperazine rings is 1. The molecule has 0 atom stereocenters. The zero-order chi connectivity index (χ0) is 37.5. The Morgan fingerprint density at radius 2 is 1.28 bits per heavy atom. The highest BCUT2D eigenvalue weighted by molar-refractivity contribution is 7.22. The zero-order valence-electron chi connectivity index (χ0n) is 29.4. The number of nitrogens with zero attached hydrogens (tertiary/aromatic N) is 7. The van der Waals surface area contributed by atoms with Crippen molar-refractivity contribution in [2.45, 2.75) is 13.8 Å². The van der Waals surface area contributed by atoms with E-state index in [0.29, 0.717) is 77.7 Å². The first kappa shape index (κ1) is 37.2. The Balaban J connectivity index is 0.000000185. The number of hydrogen-bond acceptors (Lipinski definition) is 12. The number of ether oxygens (including phenoxy) is 1. The maximum absolute atomic E-state index is 14.7. The van der Waals surface area contributed by atoms with Crippen LogP contribution in [-0.2, 0) is 0 Å². The third-order valence-electron chi connectivity index (χ3n) is 8.07. The Hall–Kier alpha value is -5.59. The molecular formula is C35H37F2N11O3S2. The number of halogens is 2. The van der Waals surface area contributed by atoms with Crippen LogP contribution in [0.5, 0.6) is 5.75 Å². The first-order valence-electron chi connectivity index (χ1n) is 16.7. The summed E-state index contributed by atoms with van der Waals surface area (Å²) in [5.74, 6) is 0.446. The molecule has 7 rings (SSSR count). The van der Waals surface area contributed by atoms with Crippen molar-refractivity contribution in [3.05, 3.63) is 66.8 Å². The number of amides is 4. The molecule has 0 unspecified atom stereocenters. The second-order valence-electron chi connectivity index (χ2n) is 11.8. The van der Waals surface area contributed by atoms with Crippen LogP contribution in [0.1, 0.15) is 13.8 Å². The molecule has 1 aliphatic heterocycles. The van der Waals surface area contributed by atoms with E-state index in [-0.39, 0.29) is 23.7 Å². The molecule has 5 heterocycles. The molecule has 0 spiro atoms. The fourth-order valence-electron chi connectivity index (χ4n) is 5.36. The number of fused-ring (bicyclic) bond motifs is 2. The molecule has 4 aromatic heterocycles. The lowest BCUT2D eigenvalue weighted by Gasteiger charge is -2.32. The first-order chi connectivity index (χ1) is 25.6. The molecule has 4 N–H and O–H groups in total. The molecule has 276 valence electrons. The van der Waals surface area contributed by atoms with Gasteiger partial charge in [-0.2, -0.15) is 0 Å². The van der Waals surface area contributed by atoms with Crippen molar-refractivity contribution in [1.82, 2.24) is 40.5 Å². The van der Waals surface area contributed by atoms with Gasteiger partial charge in [0.15, 0.2) is 10.3 Å². The van der Waals surface area contributed by atoms with E-state index in [1.165, 1.54) is 41.9 Å². The molecule has 1 fully saturated rings. The van der Waals surface area contributed by atoms with Crippen molar-refractivity contribution in [2.24, 2.45) is 0 Å². The number of likely N-dealkylation sites (N-methyl/N-ethyl adjacent to an activating group) is 1. The number of nitrogens with one attached hydrogen (secondary N) is 4. The molecule has 6 aromatic rings. The third-order valence-corrected chi connectivity index (χ3v) is 9.93. The van der Waals surface area contributed by atoms with Gasteiger partial charge in [-0.1, -0.05) is 22.7 Å². The molecule has 53 heavy (non-hydrogen) atoms. The number of pyridine rings is 1. The lowest BCUT2D eigenvalue weighted by atomic mass is 10.1. The second kappa shape index (κ2) is 16.8. The van der Waals surface area contributed by atoms with Crippen LogP contribution in [0.25, 0.3) is 42.7 Å². The van der Waals surface area contributed by atoms with E-state index in [0.717, 1.165) is 26.2 Å². The topological polar surface area (TPSA) is 162 Å². The largest absolute Gasteiger partial charge is 0.495 e. The van der Waals surface area contributed by atoms with Crippen molar-refractivity contribution in [3.8, 4) is 28.0 Å². The van der Waals surface area contributed by atoms with Gasteiger partial charge in [-0.05, 0) is 51.2 Å². The number of urea groups is 2. The molecule has 14 nitrogen and oxygen atoms in total. The lowest BCUT2D eigenvalue weighted by molar-refractivity contribution is 0.251. The Kier molecular flexibility index (Phi) is 11.8. The van der Waals surface area contributed by atoms with Gasteiger partial charge in [-0.25, -0.2) is 38.3 Å². The maximum atomic E-state index is 14.7. The van der Waals surface area contributed by atoms with Gasteiger partial charge in [0.1, 0.15) is 17.4 Å². The molecule has 1 aliphatic rings. The smallest absolute Gasteiger partial charge is 0.321 e. The molecule has 0 saturated carbocycles. The van der Waals surface area contributed by atoms with E-state index in [1.807, 2.05) is 13.8 Å². The number of thiazole rings is 2. The minimum atomic E-state index is -0.384. The normalized spacial score (nSPS) is 13.0. The summed E-state index contributed by atoms with van der Waals surface area (Å²) in [5, 5.41) is 11.4. The molecule has 1 saturated heterocycles. The summed E-state index contributed by atoms with van der Waals surface area (Å²) in [6.07, 6.45) is 6.40. The predicted molar refractivity (Wildman–Crippen MR) is 205 cm³/mol. The van der Waals surface area contributed by atoms with Gasteiger partial charge < -0.3 is 25.2 Å². The molecule has 0 radical (unpaired) electrons. The van der Waals surface area contributed by atoms with Crippen molar-refractivity contribution in [3.63, 3.8) is 0 Å². The Bertz CT molecular complexity index is 2230. The number of methoxy groups -OCH3 is 1. The number of aromatic nitrogens is 5. The van der Waals surface area contributed by atoms with Gasteiger partial charge in [0.05, 0.1) is 33.7 Å². The summed E-state index contributed by atoms with van der Waals surface area (Å²) >= 11 is 2.44. The number of anilines is 3.